The van der Waals surface area contributed by atoms with Gasteiger partial charge in [0.15, 0.2) is 0 Å². The van der Waals surface area contributed by atoms with E-state index in [9.17, 15) is 0 Å². The van der Waals surface area contributed by atoms with Gasteiger partial charge in [0.1, 0.15) is 17.5 Å². The molecule has 96 valence electrons. The van der Waals surface area contributed by atoms with Crippen LogP contribution >= 0.6 is 0 Å². The topological polar surface area (TPSA) is 85.1 Å². The van der Waals surface area contributed by atoms with Gasteiger partial charge in [-0.3, -0.25) is 0 Å². The number of hydrazine groups is 1. The van der Waals surface area contributed by atoms with Gasteiger partial charge < -0.3 is 15.5 Å². The molecular formula is C11H21N5O. The minimum Gasteiger partial charge on any atom is -0.383 e. The van der Waals surface area contributed by atoms with E-state index in [1.165, 1.54) is 0 Å². The van der Waals surface area contributed by atoms with Gasteiger partial charge in [0, 0.05) is 25.1 Å². The Balaban J connectivity index is 2.87. The van der Waals surface area contributed by atoms with Crippen LogP contribution in [-0.4, -0.2) is 29.7 Å². The van der Waals surface area contributed by atoms with Crippen molar-refractivity contribution in [3.05, 3.63) is 11.9 Å². The number of nitrogen functional groups attached to an aromatic ring is 1. The maximum atomic E-state index is 5.38. The number of rotatable bonds is 6. The van der Waals surface area contributed by atoms with E-state index in [-0.39, 0.29) is 12.0 Å². The first-order chi connectivity index (χ1) is 8.06. The van der Waals surface area contributed by atoms with Gasteiger partial charge in [0.2, 0.25) is 0 Å². The molecule has 4 N–H and O–H groups in total. The lowest BCUT2D eigenvalue weighted by atomic mass is 10.2. The second-order valence-electron chi connectivity index (χ2n) is 4.30. The summed E-state index contributed by atoms with van der Waals surface area (Å²) >= 11 is 0. The Hall–Kier alpha value is -1.40. The molecule has 6 nitrogen and oxygen atoms in total. The average molecular weight is 239 g/mol. The number of hydrogen-bond acceptors (Lipinski definition) is 6. The summed E-state index contributed by atoms with van der Waals surface area (Å²) in [6.45, 7) is 6.72. The number of ether oxygens (including phenoxy) is 1. The molecule has 0 aliphatic carbocycles. The molecule has 0 aromatic carbocycles. The average Bonchev–Trinajstić information content (AvgIpc) is 2.28. The lowest BCUT2D eigenvalue weighted by Gasteiger charge is -2.15. The first kappa shape index (κ1) is 13.7. The van der Waals surface area contributed by atoms with E-state index in [0.717, 1.165) is 11.6 Å². The predicted octanol–water partition coefficient (Wildman–Crippen LogP) is 1.33. The molecule has 0 amide bonds. The van der Waals surface area contributed by atoms with Gasteiger partial charge in [-0.1, -0.05) is 13.8 Å². The van der Waals surface area contributed by atoms with Crippen LogP contribution in [-0.2, 0) is 4.74 Å². The number of nitrogens with zero attached hydrogens (tertiary/aromatic N) is 2. The maximum absolute atomic E-state index is 5.38. The van der Waals surface area contributed by atoms with Crippen molar-refractivity contribution in [2.45, 2.75) is 32.7 Å². The Labute approximate surface area is 102 Å². The van der Waals surface area contributed by atoms with E-state index in [1.807, 2.05) is 20.8 Å². The van der Waals surface area contributed by atoms with Crippen molar-refractivity contribution < 1.29 is 4.74 Å². The quantitative estimate of drug-likeness (QED) is 0.513. The molecule has 0 saturated carbocycles. The predicted molar refractivity (Wildman–Crippen MR) is 68.9 cm³/mol. The standard InChI is InChI=1S/C11H21N5O/c1-7(2)11-14-9(5-10(15-11)16-12)13-8(3)6-17-4/h5,7-8H,6,12H2,1-4H3,(H2,13,14,15,16). The zero-order chi connectivity index (χ0) is 12.8. The van der Waals surface area contributed by atoms with E-state index >= 15 is 0 Å². The second kappa shape index (κ2) is 6.36. The zero-order valence-corrected chi connectivity index (χ0v) is 10.8. The fourth-order valence-electron chi connectivity index (χ4n) is 1.42. The molecule has 0 fully saturated rings. The van der Waals surface area contributed by atoms with Crippen molar-refractivity contribution in [3.63, 3.8) is 0 Å². The number of methoxy groups -OCH3 is 1. The highest BCUT2D eigenvalue weighted by molar-refractivity contribution is 5.47. The van der Waals surface area contributed by atoms with Crippen LogP contribution in [0.25, 0.3) is 0 Å². The molecule has 1 unspecified atom stereocenters. The molecule has 1 atom stereocenters. The molecule has 0 bridgehead atoms. The smallest absolute Gasteiger partial charge is 0.145 e. The second-order valence-corrected chi connectivity index (χ2v) is 4.30. The molecule has 0 aliphatic rings. The first-order valence-corrected chi connectivity index (χ1v) is 5.68. The van der Waals surface area contributed by atoms with E-state index in [2.05, 4.69) is 20.7 Å². The molecule has 1 aromatic rings. The summed E-state index contributed by atoms with van der Waals surface area (Å²) in [5.74, 6) is 7.75. The molecule has 17 heavy (non-hydrogen) atoms. The Bertz CT molecular complexity index is 356. The monoisotopic (exact) mass is 239 g/mol. The molecule has 0 radical (unpaired) electrons. The number of nitrogens with one attached hydrogen (secondary N) is 2. The fraction of sp³-hybridized carbons (Fsp3) is 0.636. The van der Waals surface area contributed by atoms with E-state index in [4.69, 9.17) is 10.6 Å². The molecule has 0 saturated heterocycles. The minimum absolute atomic E-state index is 0.181. The maximum Gasteiger partial charge on any atom is 0.145 e. The van der Waals surface area contributed by atoms with Gasteiger partial charge in [0.25, 0.3) is 0 Å². The van der Waals surface area contributed by atoms with Crippen LogP contribution in [0.5, 0.6) is 0 Å². The van der Waals surface area contributed by atoms with Crippen molar-refractivity contribution in [1.29, 1.82) is 0 Å². The van der Waals surface area contributed by atoms with E-state index in [1.54, 1.807) is 13.2 Å². The van der Waals surface area contributed by atoms with Crippen molar-refractivity contribution in [2.75, 3.05) is 24.5 Å². The largest absolute Gasteiger partial charge is 0.383 e. The summed E-state index contributed by atoms with van der Waals surface area (Å²) in [7, 11) is 1.67. The fourth-order valence-corrected chi connectivity index (χ4v) is 1.42. The van der Waals surface area contributed by atoms with Crippen LogP contribution in [0.3, 0.4) is 0 Å². The third kappa shape index (κ3) is 4.16. The van der Waals surface area contributed by atoms with Crippen molar-refractivity contribution in [1.82, 2.24) is 9.97 Å². The summed E-state index contributed by atoms with van der Waals surface area (Å²) in [6, 6.07) is 1.96. The summed E-state index contributed by atoms with van der Waals surface area (Å²) in [5, 5.41) is 3.24. The highest BCUT2D eigenvalue weighted by Gasteiger charge is 2.09. The Morgan fingerprint density at radius 2 is 1.94 bits per heavy atom. The van der Waals surface area contributed by atoms with Gasteiger partial charge in [-0.2, -0.15) is 0 Å². The summed E-state index contributed by atoms with van der Waals surface area (Å²) in [6.07, 6.45) is 0. The van der Waals surface area contributed by atoms with Crippen LogP contribution in [0.4, 0.5) is 11.6 Å². The van der Waals surface area contributed by atoms with Crippen LogP contribution in [0.15, 0.2) is 6.07 Å². The number of aromatic nitrogens is 2. The third-order valence-corrected chi connectivity index (χ3v) is 2.22. The van der Waals surface area contributed by atoms with Crippen LogP contribution in [0, 0.1) is 0 Å². The van der Waals surface area contributed by atoms with Crippen molar-refractivity contribution in [2.24, 2.45) is 5.84 Å². The highest BCUT2D eigenvalue weighted by Crippen LogP contribution is 2.16. The van der Waals surface area contributed by atoms with E-state index in [0.29, 0.717) is 12.4 Å². The Morgan fingerprint density at radius 3 is 2.47 bits per heavy atom. The molecule has 0 spiro atoms. The Morgan fingerprint density at radius 1 is 1.29 bits per heavy atom. The van der Waals surface area contributed by atoms with Gasteiger partial charge in [-0.05, 0) is 6.92 Å². The number of nitrogens with two attached hydrogens (primary N) is 1. The normalized spacial score (nSPS) is 12.6. The first-order valence-electron chi connectivity index (χ1n) is 5.68. The SMILES string of the molecule is COCC(C)Nc1cc(NN)nc(C(C)C)n1. The molecular weight excluding hydrogens is 218 g/mol. The summed E-state index contributed by atoms with van der Waals surface area (Å²) < 4.78 is 5.06. The van der Waals surface area contributed by atoms with Gasteiger partial charge >= 0.3 is 0 Å². The zero-order valence-electron chi connectivity index (χ0n) is 10.8. The summed E-state index contributed by atoms with van der Waals surface area (Å²) in [4.78, 5) is 8.72. The van der Waals surface area contributed by atoms with Crippen molar-refractivity contribution in [3.8, 4) is 0 Å². The molecule has 0 aliphatic heterocycles. The third-order valence-electron chi connectivity index (χ3n) is 2.22. The lowest BCUT2D eigenvalue weighted by molar-refractivity contribution is 0.190. The molecule has 1 rings (SSSR count). The molecule has 1 heterocycles. The Kier molecular flexibility index (Phi) is 5.11. The molecule has 6 heteroatoms. The van der Waals surface area contributed by atoms with Crippen molar-refractivity contribution >= 4 is 11.6 Å². The van der Waals surface area contributed by atoms with Gasteiger partial charge in [0.05, 0.1) is 6.61 Å². The van der Waals surface area contributed by atoms with Crippen LogP contribution in [0.1, 0.15) is 32.5 Å². The van der Waals surface area contributed by atoms with Crippen LogP contribution < -0.4 is 16.6 Å². The molecule has 1 aromatic heterocycles. The number of hydrogen-bond donors (Lipinski definition) is 3. The number of anilines is 2. The lowest BCUT2D eigenvalue weighted by Crippen LogP contribution is -2.22. The van der Waals surface area contributed by atoms with E-state index < -0.39 is 0 Å². The van der Waals surface area contributed by atoms with Gasteiger partial charge in [-0.25, -0.2) is 15.8 Å². The highest BCUT2D eigenvalue weighted by atomic mass is 16.5. The minimum atomic E-state index is 0.181. The van der Waals surface area contributed by atoms with Gasteiger partial charge in [-0.15, -0.1) is 0 Å². The van der Waals surface area contributed by atoms with Crippen LogP contribution in [0.2, 0.25) is 0 Å². The summed E-state index contributed by atoms with van der Waals surface area (Å²) in [5.41, 5.74) is 2.55.